The topological polar surface area (TPSA) is 126 Å². The molecule has 1 fully saturated rings. The van der Waals surface area contributed by atoms with Crippen molar-refractivity contribution in [3.05, 3.63) is 40.4 Å². The first kappa shape index (κ1) is 27.0. The van der Waals surface area contributed by atoms with Crippen LogP contribution in [0.15, 0.2) is 24.4 Å². The summed E-state index contributed by atoms with van der Waals surface area (Å²) in [5.74, 6) is -0.967. The average molecular weight is 565 g/mol. The van der Waals surface area contributed by atoms with Gasteiger partial charge in [0.2, 0.25) is 5.95 Å². The van der Waals surface area contributed by atoms with Crippen LogP contribution in [0.25, 0.3) is 11.3 Å². The number of aliphatic hydroxyl groups excluding tert-OH is 1. The highest BCUT2D eigenvalue weighted by atomic mass is 32.1. The highest BCUT2D eigenvalue weighted by Gasteiger charge is 2.33. The Morgan fingerprint density at radius 1 is 1.23 bits per heavy atom. The number of nitrogens with one attached hydrogen (secondary N) is 1. The summed E-state index contributed by atoms with van der Waals surface area (Å²) < 4.78 is 49.6. The number of carbonyl (C=O) groups is 1. The molecule has 0 radical (unpaired) electrons. The number of amides is 1. The lowest BCUT2D eigenvalue weighted by Crippen LogP contribution is -2.44. The fraction of sp³-hybridized carbons (Fsp3) is 0.400. The van der Waals surface area contributed by atoms with Gasteiger partial charge in [-0.3, -0.25) is 4.79 Å². The van der Waals surface area contributed by atoms with E-state index in [2.05, 4.69) is 29.8 Å². The van der Waals surface area contributed by atoms with Gasteiger partial charge >= 0.3 is 6.36 Å². The monoisotopic (exact) mass is 564 g/mol. The summed E-state index contributed by atoms with van der Waals surface area (Å²) in [5.41, 5.74) is 8.92. The SMILES string of the molecule is CN1CCN(c2ccc(OC(F)(F)F)c(Nc3ncc4c(n3)-c3c(OCCO)sc(C(N)=O)c3CC4)c2)CC1. The first-order chi connectivity index (χ1) is 18.6. The van der Waals surface area contributed by atoms with Gasteiger partial charge < -0.3 is 35.4 Å². The normalized spacial score (nSPS) is 15.5. The van der Waals surface area contributed by atoms with Crippen molar-refractivity contribution in [3.8, 4) is 22.1 Å². The molecule has 1 saturated heterocycles. The highest BCUT2D eigenvalue weighted by Crippen LogP contribution is 2.47. The lowest BCUT2D eigenvalue weighted by Gasteiger charge is -2.34. The van der Waals surface area contributed by atoms with Crippen molar-refractivity contribution < 1.29 is 32.5 Å². The van der Waals surface area contributed by atoms with E-state index >= 15 is 0 Å². The van der Waals surface area contributed by atoms with Crippen LogP contribution in [-0.4, -0.2) is 78.7 Å². The molecule has 14 heteroatoms. The number of aromatic nitrogens is 2. The molecule has 208 valence electrons. The predicted molar refractivity (Wildman–Crippen MR) is 140 cm³/mol. The third kappa shape index (κ3) is 5.87. The van der Waals surface area contributed by atoms with Crippen LogP contribution in [0, 0.1) is 0 Å². The van der Waals surface area contributed by atoms with Crippen molar-refractivity contribution in [2.24, 2.45) is 5.73 Å². The van der Waals surface area contributed by atoms with Gasteiger partial charge in [-0.1, -0.05) is 11.3 Å². The molecule has 4 N–H and O–H groups in total. The molecule has 2 aromatic heterocycles. The van der Waals surface area contributed by atoms with Crippen LogP contribution < -0.4 is 25.4 Å². The van der Waals surface area contributed by atoms with E-state index in [-0.39, 0.29) is 24.8 Å². The third-order valence-corrected chi connectivity index (χ3v) is 7.73. The van der Waals surface area contributed by atoms with Gasteiger partial charge in [-0.05, 0) is 49.2 Å². The Bertz CT molecular complexity index is 1370. The maximum Gasteiger partial charge on any atom is 0.573 e. The zero-order valence-electron chi connectivity index (χ0n) is 21.0. The summed E-state index contributed by atoms with van der Waals surface area (Å²) in [5, 5.41) is 12.5. The number of alkyl halides is 3. The Morgan fingerprint density at radius 3 is 2.69 bits per heavy atom. The van der Waals surface area contributed by atoms with Gasteiger partial charge in [-0.25, -0.2) is 9.97 Å². The molecule has 1 aliphatic heterocycles. The molecular weight excluding hydrogens is 537 g/mol. The lowest BCUT2D eigenvalue weighted by molar-refractivity contribution is -0.274. The third-order valence-electron chi connectivity index (χ3n) is 6.57. The van der Waals surface area contributed by atoms with Crippen molar-refractivity contribution >= 4 is 34.6 Å². The number of hydrogen-bond donors (Lipinski definition) is 3. The molecule has 10 nitrogen and oxygen atoms in total. The van der Waals surface area contributed by atoms with E-state index in [0.29, 0.717) is 39.6 Å². The number of piperazine rings is 1. The summed E-state index contributed by atoms with van der Waals surface area (Å²) in [7, 11) is 2.02. The Kier molecular flexibility index (Phi) is 7.51. The molecule has 1 aliphatic carbocycles. The number of nitrogens with two attached hydrogens (primary N) is 1. The number of primary amides is 1. The Hall–Kier alpha value is -3.62. The van der Waals surface area contributed by atoms with Gasteiger partial charge in [0.15, 0.2) is 10.8 Å². The first-order valence-electron chi connectivity index (χ1n) is 12.3. The molecule has 0 unspecified atom stereocenters. The number of thiophene rings is 1. The zero-order valence-corrected chi connectivity index (χ0v) is 21.9. The molecule has 1 aromatic carbocycles. The molecule has 0 saturated carbocycles. The van der Waals surface area contributed by atoms with Crippen LogP contribution >= 0.6 is 11.3 Å². The average Bonchev–Trinajstić information content (AvgIpc) is 3.27. The molecule has 3 heterocycles. The summed E-state index contributed by atoms with van der Waals surface area (Å²) in [6.45, 7) is 2.89. The molecule has 0 spiro atoms. The minimum absolute atomic E-state index is 0.00784. The quantitative estimate of drug-likeness (QED) is 0.378. The lowest BCUT2D eigenvalue weighted by atomic mass is 9.91. The van der Waals surface area contributed by atoms with E-state index in [4.69, 9.17) is 10.5 Å². The number of fused-ring (bicyclic) bond motifs is 3. The largest absolute Gasteiger partial charge is 0.573 e. The second kappa shape index (κ2) is 10.9. The summed E-state index contributed by atoms with van der Waals surface area (Å²) in [6, 6.07) is 4.46. The van der Waals surface area contributed by atoms with Gasteiger partial charge in [0.05, 0.1) is 28.4 Å². The number of ether oxygens (including phenoxy) is 2. The number of nitrogens with zero attached hydrogens (tertiary/aromatic N) is 4. The number of rotatable bonds is 8. The molecular formula is C25H27F3N6O4S. The van der Waals surface area contributed by atoms with Crippen molar-refractivity contribution in [2.45, 2.75) is 19.2 Å². The van der Waals surface area contributed by atoms with Gasteiger partial charge in [0.25, 0.3) is 5.91 Å². The second-order valence-electron chi connectivity index (χ2n) is 9.22. The molecule has 5 rings (SSSR count). The molecule has 3 aromatic rings. The molecule has 2 aliphatic rings. The first-order valence-corrected chi connectivity index (χ1v) is 13.1. The predicted octanol–water partition coefficient (Wildman–Crippen LogP) is 3.17. The minimum atomic E-state index is -4.89. The highest BCUT2D eigenvalue weighted by molar-refractivity contribution is 7.16. The van der Waals surface area contributed by atoms with E-state index in [1.165, 1.54) is 6.07 Å². The fourth-order valence-electron chi connectivity index (χ4n) is 4.70. The van der Waals surface area contributed by atoms with E-state index in [1.54, 1.807) is 18.3 Å². The standard InChI is InChI=1S/C25H27F3N6O4S/c1-33-6-8-34(9-7-33)15-3-5-18(38-25(26,27)28)17(12-15)31-24-30-13-14-2-4-16-19(20(14)32-24)23(37-11-10-35)39-21(16)22(29)36/h3,5,12-13,35H,2,4,6-11H2,1H3,(H2,29,36)(H,30,31,32). The van der Waals surface area contributed by atoms with Gasteiger partial charge in [-0.2, -0.15) is 0 Å². The number of hydrogen-bond acceptors (Lipinski definition) is 10. The summed E-state index contributed by atoms with van der Waals surface area (Å²) >= 11 is 1.08. The van der Waals surface area contributed by atoms with Crippen LogP contribution in [0.2, 0.25) is 0 Å². The number of aliphatic hydroxyl groups is 1. The molecule has 0 atom stereocenters. The molecule has 1 amide bonds. The fourth-order valence-corrected chi connectivity index (χ4v) is 5.77. The van der Waals surface area contributed by atoms with Gasteiger partial charge in [0.1, 0.15) is 6.61 Å². The maximum absolute atomic E-state index is 13.2. The maximum atomic E-state index is 13.2. The van der Waals surface area contributed by atoms with E-state index in [9.17, 15) is 23.1 Å². The summed E-state index contributed by atoms with van der Waals surface area (Å²) in [4.78, 5) is 25.6. The van der Waals surface area contributed by atoms with Gasteiger partial charge in [-0.15, -0.1) is 13.2 Å². The number of aryl methyl sites for hydroxylation is 1. The minimum Gasteiger partial charge on any atom is -0.481 e. The van der Waals surface area contributed by atoms with E-state index in [0.717, 1.165) is 48.8 Å². The number of likely N-dealkylation sites (N-methyl/N-ethyl adjacent to an activating group) is 1. The van der Waals surface area contributed by atoms with Gasteiger partial charge in [0, 0.05) is 38.1 Å². The molecule has 0 bridgehead atoms. The van der Waals surface area contributed by atoms with Crippen LogP contribution in [0.5, 0.6) is 10.8 Å². The summed E-state index contributed by atoms with van der Waals surface area (Å²) in [6.07, 6.45) is -2.23. The van der Waals surface area contributed by atoms with E-state index < -0.39 is 18.0 Å². The number of carbonyl (C=O) groups excluding carboxylic acids is 1. The van der Waals surface area contributed by atoms with E-state index in [1.807, 2.05) is 7.05 Å². The second-order valence-corrected chi connectivity index (χ2v) is 10.2. The smallest absolute Gasteiger partial charge is 0.481 e. The van der Waals surface area contributed by atoms with Crippen molar-refractivity contribution in [3.63, 3.8) is 0 Å². The van der Waals surface area contributed by atoms with Crippen LogP contribution in [0.1, 0.15) is 20.8 Å². The van der Waals surface area contributed by atoms with Crippen molar-refractivity contribution in [2.75, 3.05) is 56.7 Å². The van der Waals surface area contributed by atoms with Crippen LogP contribution in [-0.2, 0) is 12.8 Å². The number of halogens is 3. The Balaban J connectivity index is 1.52. The zero-order chi connectivity index (χ0) is 27.7. The van der Waals surface area contributed by atoms with Crippen LogP contribution in [0.4, 0.5) is 30.5 Å². The molecule has 39 heavy (non-hydrogen) atoms. The number of benzene rings is 1. The van der Waals surface area contributed by atoms with Crippen molar-refractivity contribution in [1.29, 1.82) is 0 Å². The van der Waals surface area contributed by atoms with Crippen molar-refractivity contribution in [1.82, 2.24) is 14.9 Å². The van der Waals surface area contributed by atoms with Crippen LogP contribution in [0.3, 0.4) is 0 Å². The Morgan fingerprint density at radius 2 is 2.00 bits per heavy atom. The number of anilines is 3. The Labute approximate surface area is 226 Å².